The van der Waals surface area contributed by atoms with Gasteiger partial charge in [-0.2, -0.15) is 0 Å². The molecule has 3 rings (SSSR count). The summed E-state index contributed by atoms with van der Waals surface area (Å²) in [5, 5.41) is 4.36. The predicted octanol–water partition coefficient (Wildman–Crippen LogP) is 3.77. The summed E-state index contributed by atoms with van der Waals surface area (Å²) in [4.78, 5) is 20.7. The molecule has 0 amide bonds. The number of hydrogen-bond donors (Lipinski definition) is 1. The summed E-state index contributed by atoms with van der Waals surface area (Å²) in [6.45, 7) is 4.50. The first-order valence-corrected chi connectivity index (χ1v) is 9.74. The Morgan fingerprint density at radius 1 is 1.24 bits per heavy atom. The summed E-state index contributed by atoms with van der Waals surface area (Å²) in [6, 6.07) is 8.25. The molecule has 6 heteroatoms. The van der Waals surface area contributed by atoms with Crippen LogP contribution in [0.2, 0.25) is 0 Å². The number of fused-ring (bicyclic) bond motifs is 3. The minimum atomic E-state index is -0.00841. The topological polar surface area (TPSA) is 50.2 Å². The van der Waals surface area contributed by atoms with Crippen LogP contribution in [0.1, 0.15) is 26.2 Å². The van der Waals surface area contributed by atoms with Crippen LogP contribution in [0.4, 0.5) is 5.82 Å². The maximum absolute atomic E-state index is 13.0. The predicted molar refractivity (Wildman–Crippen MR) is 108 cm³/mol. The lowest BCUT2D eigenvalue weighted by molar-refractivity contribution is 0.425. The Hall–Kier alpha value is -1.92. The smallest absolute Gasteiger partial charge is 0.293 e. The second kappa shape index (κ2) is 7.97. The monoisotopic (exact) mass is 358 g/mol. The lowest BCUT2D eigenvalue weighted by Gasteiger charge is -2.13. The molecule has 0 spiro atoms. The molecule has 134 valence electrons. The summed E-state index contributed by atoms with van der Waals surface area (Å²) in [7, 11) is 4.04. The molecule has 25 heavy (non-hydrogen) atoms. The number of thiophene rings is 1. The zero-order valence-corrected chi connectivity index (χ0v) is 16.0. The molecule has 0 atom stereocenters. The number of rotatable bonds is 8. The zero-order valence-electron chi connectivity index (χ0n) is 15.2. The van der Waals surface area contributed by atoms with Gasteiger partial charge in [-0.15, -0.1) is 11.3 Å². The number of benzene rings is 1. The third kappa shape index (κ3) is 3.85. The quantitative estimate of drug-likeness (QED) is 0.623. The van der Waals surface area contributed by atoms with Crippen LogP contribution in [0.15, 0.2) is 29.1 Å². The van der Waals surface area contributed by atoms with Crippen molar-refractivity contribution in [2.24, 2.45) is 0 Å². The van der Waals surface area contributed by atoms with Gasteiger partial charge in [0.15, 0.2) is 5.82 Å². The van der Waals surface area contributed by atoms with Gasteiger partial charge in [-0.1, -0.05) is 38.0 Å². The SMILES string of the molecule is CCCCCn1c(=O)c(NCCN(C)C)nc2sc3ccccc3c21. The molecule has 2 aromatic heterocycles. The van der Waals surface area contributed by atoms with Gasteiger partial charge in [0.05, 0.1) is 5.52 Å². The molecule has 0 radical (unpaired) electrons. The molecule has 1 N–H and O–H groups in total. The molecule has 0 fully saturated rings. The fourth-order valence-corrected chi connectivity index (χ4v) is 4.06. The van der Waals surface area contributed by atoms with Crippen LogP contribution in [0.5, 0.6) is 0 Å². The molecule has 0 bridgehead atoms. The number of hydrogen-bond acceptors (Lipinski definition) is 5. The van der Waals surface area contributed by atoms with Crippen molar-refractivity contribution in [3.05, 3.63) is 34.6 Å². The Balaban J connectivity index is 2.07. The number of anilines is 1. The number of aryl methyl sites for hydroxylation is 1. The minimum Gasteiger partial charge on any atom is -0.364 e. The lowest BCUT2D eigenvalue weighted by atomic mass is 10.2. The van der Waals surface area contributed by atoms with Crippen molar-refractivity contribution in [3.63, 3.8) is 0 Å². The van der Waals surface area contributed by atoms with E-state index in [0.29, 0.717) is 12.4 Å². The van der Waals surface area contributed by atoms with E-state index in [-0.39, 0.29) is 5.56 Å². The van der Waals surface area contributed by atoms with Crippen molar-refractivity contribution in [3.8, 4) is 0 Å². The Morgan fingerprint density at radius 2 is 2.04 bits per heavy atom. The van der Waals surface area contributed by atoms with Crippen LogP contribution >= 0.6 is 11.3 Å². The van der Waals surface area contributed by atoms with Crippen molar-refractivity contribution in [1.82, 2.24) is 14.5 Å². The van der Waals surface area contributed by atoms with Gasteiger partial charge in [-0.05, 0) is 26.6 Å². The number of nitrogens with zero attached hydrogens (tertiary/aromatic N) is 3. The van der Waals surface area contributed by atoms with E-state index >= 15 is 0 Å². The summed E-state index contributed by atoms with van der Waals surface area (Å²) in [5.74, 6) is 0.470. The van der Waals surface area contributed by atoms with Gasteiger partial charge in [0.25, 0.3) is 5.56 Å². The number of aromatic nitrogens is 2. The number of nitrogens with one attached hydrogen (secondary N) is 1. The average molecular weight is 359 g/mol. The van der Waals surface area contributed by atoms with Crippen molar-refractivity contribution in [2.75, 3.05) is 32.5 Å². The summed E-state index contributed by atoms with van der Waals surface area (Å²) in [5.41, 5.74) is 0.978. The largest absolute Gasteiger partial charge is 0.364 e. The van der Waals surface area contributed by atoms with E-state index in [1.165, 1.54) is 4.70 Å². The standard InChI is InChI=1S/C19H26N4OS/c1-4-5-8-12-23-16-14-9-6-7-10-15(14)25-18(16)21-17(19(23)24)20-11-13-22(2)3/h6-7,9-10H,4-5,8,11-13H2,1-3H3,(H,20,21). The van der Waals surface area contributed by atoms with Gasteiger partial charge in [0.1, 0.15) is 4.83 Å². The van der Waals surface area contributed by atoms with Crippen LogP contribution in [0.25, 0.3) is 20.4 Å². The molecule has 0 unspecified atom stereocenters. The van der Waals surface area contributed by atoms with Crippen molar-refractivity contribution in [2.45, 2.75) is 32.7 Å². The van der Waals surface area contributed by atoms with E-state index in [1.807, 2.05) is 30.8 Å². The molecule has 1 aromatic carbocycles. The third-order valence-corrected chi connectivity index (χ3v) is 5.37. The van der Waals surface area contributed by atoms with Crippen LogP contribution in [-0.2, 0) is 6.54 Å². The Labute approximate surface area is 152 Å². The van der Waals surface area contributed by atoms with E-state index in [9.17, 15) is 4.79 Å². The number of likely N-dealkylation sites (N-methyl/N-ethyl adjacent to an activating group) is 1. The van der Waals surface area contributed by atoms with Gasteiger partial charge in [0, 0.05) is 29.7 Å². The fraction of sp³-hybridized carbons (Fsp3) is 0.474. The highest BCUT2D eigenvalue weighted by atomic mass is 32.1. The lowest BCUT2D eigenvalue weighted by Crippen LogP contribution is -2.28. The van der Waals surface area contributed by atoms with Crippen LogP contribution in [-0.4, -0.2) is 41.6 Å². The van der Waals surface area contributed by atoms with E-state index in [0.717, 1.165) is 48.1 Å². The molecule has 2 heterocycles. The number of unbranched alkanes of at least 4 members (excludes halogenated alkanes) is 2. The Kier molecular flexibility index (Phi) is 5.71. The minimum absolute atomic E-state index is 0.00841. The van der Waals surface area contributed by atoms with Gasteiger partial charge in [-0.3, -0.25) is 4.79 Å². The molecule has 0 saturated heterocycles. The van der Waals surface area contributed by atoms with Gasteiger partial charge >= 0.3 is 0 Å². The van der Waals surface area contributed by atoms with E-state index < -0.39 is 0 Å². The van der Waals surface area contributed by atoms with E-state index in [1.54, 1.807) is 11.3 Å². The summed E-state index contributed by atoms with van der Waals surface area (Å²) < 4.78 is 3.11. The van der Waals surface area contributed by atoms with Crippen molar-refractivity contribution >= 4 is 37.6 Å². The third-order valence-electron chi connectivity index (χ3n) is 4.32. The highest BCUT2D eigenvalue weighted by Gasteiger charge is 2.15. The molecular formula is C19H26N4OS. The summed E-state index contributed by atoms with van der Waals surface area (Å²) in [6.07, 6.45) is 3.28. The highest BCUT2D eigenvalue weighted by molar-refractivity contribution is 7.25. The molecule has 0 saturated carbocycles. The van der Waals surface area contributed by atoms with Gasteiger partial charge in [0.2, 0.25) is 0 Å². The second-order valence-corrected chi connectivity index (χ2v) is 7.64. The molecule has 0 aliphatic rings. The van der Waals surface area contributed by atoms with E-state index in [4.69, 9.17) is 0 Å². The van der Waals surface area contributed by atoms with Crippen LogP contribution in [0, 0.1) is 0 Å². The van der Waals surface area contributed by atoms with Crippen molar-refractivity contribution < 1.29 is 0 Å². The highest BCUT2D eigenvalue weighted by Crippen LogP contribution is 2.32. The van der Waals surface area contributed by atoms with Crippen LogP contribution in [0.3, 0.4) is 0 Å². The Bertz CT molecular complexity index is 913. The van der Waals surface area contributed by atoms with Gasteiger partial charge < -0.3 is 14.8 Å². The fourth-order valence-electron chi connectivity index (χ4n) is 2.98. The second-order valence-electron chi connectivity index (χ2n) is 6.61. The average Bonchev–Trinajstić information content (AvgIpc) is 2.95. The first-order chi connectivity index (χ1) is 12.1. The molecule has 3 aromatic rings. The maximum Gasteiger partial charge on any atom is 0.293 e. The van der Waals surface area contributed by atoms with Gasteiger partial charge in [-0.25, -0.2) is 4.98 Å². The maximum atomic E-state index is 13.0. The van der Waals surface area contributed by atoms with E-state index in [2.05, 4.69) is 34.3 Å². The molecule has 0 aliphatic carbocycles. The molecular weight excluding hydrogens is 332 g/mol. The van der Waals surface area contributed by atoms with Crippen LogP contribution < -0.4 is 10.9 Å². The molecule has 5 nitrogen and oxygen atoms in total. The molecule has 0 aliphatic heterocycles. The zero-order chi connectivity index (χ0) is 17.8. The normalized spacial score (nSPS) is 11.7. The Morgan fingerprint density at radius 3 is 2.80 bits per heavy atom. The van der Waals surface area contributed by atoms with Crippen molar-refractivity contribution in [1.29, 1.82) is 0 Å². The first-order valence-electron chi connectivity index (χ1n) is 8.92. The summed E-state index contributed by atoms with van der Waals surface area (Å²) >= 11 is 1.66. The first kappa shape index (κ1) is 17.9.